The van der Waals surface area contributed by atoms with Gasteiger partial charge in [0.15, 0.2) is 0 Å². The van der Waals surface area contributed by atoms with Crippen molar-refractivity contribution in [1.29, 1.82) is 0 Å². The molecule has 2 N–H and O–H groups in total. The Bertz CT molecular complexity index is 1140. The molecule has 0 aliphatic carbocycles. The molecule has 2 aliphatic heterocycles. The third-order valence-electron chi connectivity index (χ3n) is 5.99. The lowest BCUT2D eigenvalue weighted by Gasteiger charge is -2.14. The first-order valence-corrected chi connectivity index (χ1v) is 11.7. The van der Waals surface area contributed by atoms with Gasteiger partial charge in [-0.1, -0.05) is 0 Å². The van der Waals surface area contributed by atoms with Crippen LogP contribution < -0.4 is 10.0 Å². The van der Waals surface area contributed by atoms with Crippen molar-refractivity contribution in [3.63, 3.8) is 0 Å². The number of aryl methyl sites for hydroxylation is 1. The van der Waals surface area contributed by atoms with Gasteiger partial charge in [-0.3, -0.25) is 4.79 Å². The maximum Gasteiger partial charge on any atom is 0.258 e. The zero-order chi connectivity index (χ0) is 21.6. The Labute approximate surface area is 177 Å². The minimum absolute atomic E-state index is 0.00163. The van der Waals surface area contributed by atoms with E-state index < -0.39 is 10.0 Å². The number of sulfonamides is 1. The summed E-state index contributed by atoms with van der Waals surface area (Å²) in [5.41, 5.74) is 4.88. The van der Waals surface area contributed by atoms with Crippen LogP contribution in [0.3, 0.4) is 0 Å². The normalized spacial score (nSPS) is 20.4. The van der Waals surface area contributed by atoms with Crippen LogP contribution in [0.4, 0.5) is 5.69 Å². The van der Waals surface area contributed by atoms with Crippen LogP contribution in [0, 0.1) is 13.8 Å². The molecule has 0 spiro atoms. The second-order valence-electron chi connectivity index (χ2n) is 7.90. The number of fused-ring (bicyclic) bond motifs is 1. The molecular weight excluding hydrogens is 402 g/mol. The average molecular weight is 430 g/mol. The van der Waals surface area contributed by atoms with Crippen molar-refractivity contribution in [2.45, 2.75) is 51.2 Å². The lowest BCUT2D eigenvalue weighted by atomic mass is 10.0. The van der Waals surface area contributed by atoms with Crippen LogP contribution in [0.15, 0.2) is 29.2 Å². The topological polar surface area (TPSA) is 94.6 Å². The first-order valence-electron chi connectivity index (χ1n) is 10.2. The van der Waals surface area contributed by atoms with Crippen molar-refractivity contribution in [1.82, 2.24) is 4.57 Å². The summed E-state index contributed by atoms with van der Waals surface area (Å²) in [6.07, 6.45) is 4.22. The predicted octanol–water partition coefficient (Wildman–Crippen LogP) is 2.84. The van der Waals surface area contributed by atoms with E-state index in [4.69, 9.17) is 9.88 Å². The molecule has 160 valence electrons. The molecule has 0 radical (unpaired) electrons. The van der Waals surface area contributed by atoms with Gasteiger partial charge in [0, 0.05) is 42.2 Å². The van der Waals surface area contributed by atoms with E-state index in [1.54, 1.807) is 11.0 Å². The van der Waals surface area contributed by atoms with E-state index in [9.17, 15) is 13.2 Å². The number of primary sulfonamides is 1. The Morgan fingerprint density at radius 1 is 1.27 bits per heavy atom. The SMILES string of the molecule is CCN1C(=O)/C(=C/c2cc(C)n(C[C@@H]3CCCO3)c2C)c2cc(S(N)(=O)=O)ccc21. The quantitative estimate of drug-likeness (QED) is 0.740. The zero-order valence-electron chi connectivity index (χ0n) is 17.5. The molecule has 3 heterocycles. The maximum atomic E-state index is 13.1. The molecule has 1 saturated heterocycles. The molecule has 1 atom stereocenters. The average Bonchev–Trinajstić information content (AvgIpc) is 3.36. The Balaban J connectivity index is 1.78. The molecule has 8 heteroatoms. The molecule has 0 unspecified atom stereocenters. The number of ether oxygens (including phenoxy) is 1. The highest BCUT2D eigenvalue weighted by atomic mass is 32.2. The molecule has 1 aromatic heterocycles. The van der Waals surface area contributed by atoms with Crippen LogP contribution in [0.5, 0.6) is 0 Å². The summed E-state index contributed by atoms with van der Waals surface area (Å²) in [6.45, 7) is 8.08. The number of anilines is 1. The zero-order valence-corrected chi connectivity index (χ0v) is 18.3. The smallest absolute Gasteiger partial charge is 0.258 e. The third kappa shape index (κ3) is 3.59. The molecule has 4 rings (SSSR count). The number of rotatable bonds is 5. The lowest BCUT2D eigenvalue weighted by molar-refractivity contribution is -0.112. The highest BCUT2D eigenvalue weighted by Gasteiger charge is 2.32. The molecule has 2 aromatic rings. The van der Waals surface area contributed by atoms with Crippen molar-refractivity contribution >= 4 is 33.3 Å². The van der Waals surface area contributed by atoms with E-state index in [1.807, 2.05) is 26.8 Å². The number of likely N-dealkylation sites (N-methyl/N-ethyl adjacent to an activating group) is 1. The van der Waals surface area contributed by atoms with Gasteiger partial charge in [0.25, 0.3) is 5.91 Å². The molecule has 0 bridgehead atoms. The number of carbonyl (C=O) groups excluding carboxylic acids is 1. The van der Waals surface area contributed by atoms with E-state index in [1.165, 1.54) is 12.1 Å². The molecule has 7 nitrogen and oxygen atoms in total. The van der Waals surface area contributed by atoms with Gasteiger partial charge in [0.2, 0.25) is 10.0 Å². The van der Waals surface area contributed by atoms with E-state index >= 15 is 0 Å². The van der Waals surface area contributed by atoms with Crippen molar-refractivity contribution in [3.05, 3.63) is 46.8 Å². The summed E-state index contributed by atoms with van der Waals surface area (Å²) in [6, 6.07) is 6.65. The Morgan fingerprint density at radius 3 is 2.67 bits per heavy atom. The van der Waals surface area contributed by atoms with Crippen molar-refractivity contribution in [2.24, 2.45) is 5.14 Å². The van der Waals surface area contributed by atoms with Crippen molar-refractivity contribution < 1.29 is 17.9 Å². The lowest BCUT2D eigenvalue weighted by Crippen LogP contribution is -2.25. The number of nitrogens with two attached hydrogens (primary N) is 1. The highest BCUT2D eigenvalue weighted by molar-refractivity contribution is 7.89. The van der Waals surface area contributed by atoms with Gasteiger partial charge in [-0.2, -0.15) is 0 Å². The number of aromatic nitrogens is 1. The number of hydrogen-bond acceptors (Lipinski definition) is 4. The fourth-order valence-electron chi connectivity index (χ4n) is 4.37. The predicted molar refractivity (Wildman–Crippen MR) is 117 cm³/mol. The molecule has 1 aromatic carbocycles. The summed E-state index contributed by atoms with van der Waals surface area (Å²) in [5, 5.41) is 5.31. The Hall–Kier alpha value is -2.42. The monoisotopic (exact) mass is 429 g/mol. The minimum atomic E-state index is -3.86. The fourth-order valence-corrected chi connectivity index (χ4v) is 4.91. The summed E-state index contributed by atoms with van der Waals surface area (Å²) >= 11 is 0. The summed E-state index contributed by atoms with van der Waals surface area (Å²) in [4.78, 5) is 14.7. The van der Waals surface area contributed by atoms with Gasteiger partial charge in [-0.05, 0) is 69.5 Å². The number of hydrogen-bond donors (Lipinski definition) is 1. The first kappa shape index (κ1) is 20.8. The minimum Gasteiger partial charge on any atom is -0.376 e. The molecular formula is C22H27N3O4S. The van der Waals surface area contributed by atoms with E-state index in [-0.39, 0.29) is 16.9 Å². The molecule has 30 heavy (non-hydrogen) atoms. The van der Waals surface area contributed by atoms with Crippen LogP contribution >= 0.6 is 0 Å². The summed E-state index contributed by atoms with van der Waals surface area (Å²) in [5.74, 6) is -0.136. The van der Waals surface area contributed by atoms with Gasteiger partial charge in [0.1, 0.15) is 0 Å². The van der Waals surface area contributed by atoms with Gasteiger partial charge in [-0.25, -0.2) is 13.6 Å². The van der Waals surface area contributed by atoms with Crippen LogP contribution in [-0.4, -0.2) is 38.1 Å². The Kier molecular flexibility index (Phi) is 5.34. The van der Waals surface area contributed by atoms with E-state index in [0.717, 1.165) is 42.9 Å². The van der Waals surface area contributed by atoms with E-state index in [0.29, 0.717) is 23.4 Å². The van der Waals surface area contributed by atoms with Gasteiger partial charge in [-0.15, -0.1) is 0 Å². The molecule has 0 saturated carbocycles. The summed E-state index contributed by atoms with van der Waals surface area (Å²) in [7, 11) is -3.86. The second kappa shape index (κ2) is 7.68. The number of amides is 1. The summed E-state index contributed by atoms with van der Waals surface area (Å²) < 4.78 is 31.7. The third-order valence-corrected chi connectivity index (χ3v) is 6.90. The van der Waals surface area contributed by atoms with Crippen LogP contribution in [0.1, 0.15) is 42.3 Å². The maximum absolute atomic E-state index is 13.1. The molecule has 1 amide bonds. The van der Waals surface area contributed by atoms with E-state index in [2.05, 4.69) is 10.6 Å². The van der Waals surface area contributed by atoms with Gasteiger partial charge >= 0.3 is 0 Å². The molecule has 1 fully saturated rings. The Morgan fingerprint density at radius 2 is 2.03 bits per heavy atom. The van der Waals surface area contributed by atoms with Crippen LogP contribution in [0.2, 0.25) is 0 Å². The fraction of sp³-hybridized carbons (Fsp3) is 0.409. The number of benzene rings is 1. The van der Waals surface area contributed by atoms with Crippen LogP contribution in [-0.2, 0) is 26.1 Å². The number of carbonyl (C=O) groups is 1. The standard InChI is InChI=1S/C22H27N3O4S/c1-4-24-21-8-7-18(30(23,27)28)12-19(21)20(22(24)26)11-16-10-14(2)25(15(16)3)13-17-6-5-9-29-17/h7-8,10-12,17H,4-6,9,13H2,1-3H3,(H2,23,27,28)/b20-11+/t17-/m0/s1. The van der Waals surface area contributed by atoms with Crippen molar-refractivity contribution in [3.8, 4) is 0 Å². The van der Waals surface area contributed by atoms with Gasteiger partial charge in [0.05, 0.1) is 16.7 Å². The second-order valence-corrected chi connectivity index (χ2v) is 9.46. The number of nitrogens with zero attached hydrogens (tertiary/aromatic N) is 2. The first-order chi connectivity index (χ1) is 14.2. The van der Waals surface area contributed by atoms with Crippen LogP contribution in [0.25, 0.3) is 11.6 Å². The van der Waals surface area contributed by atoms with Crippen molar-refractivity contribution in [2.75, 3.05) is 18.1 Å². The highest BCUT2D eigenvalue weighted by Crippen LogP contribution is 2.39. The van der Waals surface area contributed by atoms with Gasteiger partial charge < -0.3 is 14.2 Å². The molecule has 2 aliphatic rings. The largest absolute Gasteiger partial charge is 0.376 e.